The first-order chi connectivity index (χ1) is 12.8. The third-order valence-electron chi connectivity index (χ3n) is 4.25. The van der Waals surface area contributed by atoms with E-state index in [1.54, 1.807) is 24.7 Å². The van der Waals surface area contributed by atoms with Gasteiger partial charge in [-0.1, -0.05) is 30.0 Å². The highest BCUT2D eigenvalue weighted by Gasteiger charge is 2.28. The number of thioether (sulfide) groups is 1. The SMILES string of the molecule is O=C(CSc1ncccn1)N1CCC(Oc2cccc3cccnc23)C1. The average Bonchev–Trinajstić information content (AvgIpc) is 3.16. The number of fused-ring (bicyclic) bond motifs is 1. The van der Waals surface area contributed by atoms with Crippen LogP contribution in [0, 0.1) is 0 Å². The second-order valence-corrected chi connectivity index (χ2v) is 6.96. The minimum Gasteiger partial charge on any atom is -0.486 e. The van der Waals surface area contributed by atoms with Gasteiger partial charge in [0.1, 0.15) is 17.4 Å². The summed E-state index contributed by atoms with van der Waals surface area (Å²) in [5.74, 6) is 1.20. The third-order valence-corrected chi connectivity index (χ3v) is 5.11. The summed E-state index contributed by atoms with van der Waals surface area (Å²) in [6.45, 7) is 1.30. The summed E-state index contributed by atoms with van der Waals surface area (Å²) in [4.78, 5) is 26.9. The van der Waals surface area contributed by atoms with Crippen molar-refractivity contribution >= 4 is 28.6 Å². The van der Waals surface area contributed by atoms with Crippen LogP contribution in [-0.4, -0.2) is 50.7 Å². The maximum Gasteiger partial charge on any atom is 0.233 e. The fourth-order valence-electron chi connectivity index (χ4n) is 2.98. The van der Waals surface area contributed by atoms with Crippen molar-refractivity contribution in [3.8, 4) is 5.75 Å². The van der Waals surface area contributed by atoms with Crippen molar-refractivity contribution in [2.45, 2.75) is 17.7 Å². The number of ether oxygens (including phenoxy) is 1. The monoisotopic (exact) mass is 366 g/mol. The molecule has 3 aromatic rings. The van der Waals surface area contributed by atoms with Crippen LogP contribution in [0.2, 0.25) is 0 Å². The van der Waals surface area contributed by atoms with E-state index in [2.05, 4.69) is 15.0 Å². The first-order valence-electron chi connectivity index (χ1n) is 8.47. The van der Waals surface area contributed by atoms with Crippen LogP contribution in [0.15, 0.2) is 60.1 Å². The third kappa shape index (κ3) is 3.77. The van der Waals surface area contributed by atoms with Gasteiger partial charge in [0.05, 0.1) is 12.3 Å². The first-order valence-corrected chi connectivity index (χ1v) is 9.46. The van der Waals surface area contributed by atoms with Gasteiger partial charge in [0, 0.05) is 36.9 Å². The lowest BCUT2D eigenvalue weighted by Gasteiger charge is -2.17. The van der Waals surface area contributed by atoms with Crippen molar-refractivity contribution in [1.82, 2.24) is 19.9 Å². The van der Waals surface area contributed by atoms with Gasteiger partial charge in [-0.05, 0) is 18.2 Å². The molecule has 0 saturated carbocycles. The van der Waals surface area contributed by atoms with Gasteiger partial charge in [-0.15, -0.1) is 0 Å². The molecular weight excluding hydrogens is 348 g/mol. The molecule has 1 fully saturated rings. The van der Waals surface area contributed by atoms with Crippen molar-refractivity contribution < 1.29 is 9.53 Å². The molecule has 0 aliphatic carbocycles. The second-order valence-electron chi connectivity index (χ2n) is 6.02. The van der Waals surface area contributed by atoms with Crippen molar-refractivity contribution in [3.05, 3.63) is 55.0 Å². The smallest absolute Gasteiger partial charge is 0.233 e. The standard InChI is InChI=1S/C19H18N4O2S/c24-17(13-26-19-21-9-3-10-22-19)23-11-7-15(12-23)25-16-6-1-4-14-5-2-8-20-18(14)16/h1-6,8-10,15H,7,11-13H2. The lowest BCUT2D eigenvalue weighted by molar-refractivity contribution is -0.127. The summed E-state index contributed by atoms with van der Waals surface area (Å²) >= 11 is 1.36. The Morgan fingerprint density at radius 2 is 1.92 bits per heavy atom. The molecule has 132 valence electrons. The highest BCUT2D eigenvalue weighted by Crippen LogP contribution is 2.26. The molecule has 26 heavy (non-hydrogen) atoms. The Labute approximate surface area is 155 Å². The van der Waals surface area contributed by atoms with E-state index in [9.17, 15) is 4.79 Å². The Hall–Kier alpha value is -2.67. The molecule has 1 amide bonds. The van der Waals surface area contributed by atoms with Gasteiger partial charge < -0.3 is 9.64 Å². The van der Waals surface area contributed by atoms with Crippen LogP contribution in [0.3, 0.4) is 0 Å². The maximum absolute atomic E-state index is 12.4. The van der Waals surface area contributed by atoms with Crippen LogP contribution in [0.25, 0.3) is 10.9 Å². The number of carbonyl (C=O) groups is 1. The Morgan fingerprint density at radius 1 is 1.12 bits per heavy atom. The zero-order chi connectivity index (χ0) is 17.8. The number of aromatic nitrogens is 3. The number of para-hydroxylation sites is 1. The van der Waals surface area contributed by atoms with E-state index in [0.717, 1.165) is 23.1 Å². The molecule has 1 aliphatic rings. The molecule has 6 nitrogen and oxygen atoms in total. The molecule has 2 aromatic heterocycles. The highest BCUT2D eigenvalue weighted by molar-refractivity contribution is 7.99. The van der Waals surface area contributed by atoms with Crippen LogP contribution in [-0.2, 0) is 4.79 Å². The largest absolute Gasteiger partial charge is 0.486 e. The Balaban J connectivity index is 1.35. The number of benzene rings is 1. The second kappa shape index (κ2) is 7.70. The first kappa shape index (κ1) is 16.8. The molecule has 3 heterocycles. The van der Waals surface area contributed by atoms with Gasteiger partial charge in [-0.25, -0.2) is 9.97 Å². The molecule has 1 unspecified atom stereocenters. The minimum atomic E-state index is -0.00969. The number of amides is 1. The number of hydrogen-bond donors (Lipinski definition) is 0. The van der Waals surface area contributed by atoms with Gasteiger partial charge in [0.2, 0.25) is 5.91 Å². The summed E-state index contributed by atoms with van der Waals surface area (Å²) in [7, 11) is 0. The number of pyridine rings is 1. The molecule has 1 aromatic carbocycles. The number of nitrogens with zero attached hydrogens (tertiary/aromatic N) is 4. The van der Waals surface area contributed by atoms with E-state index in [0.29, 0.717) is 24.0 Å². The van der Waals surface area contributed by atoms with Crippen LogP contribution in [0.1, 0.15) is 6.42 Å². The minimum absolute atomic E-state index is 0.00969. The molecule has 4 rings (SSSR count). The van der Waals surface area contributed by atoms with Gasteiger partial charge in [-0.2, -0.15) is 0 Å². The molecule has 7 heteroatoms. The number of hydrogen-bond acceptors (Lipinski definition) is 6. The van der Waals surface area contributed by atoms with E-state index in [4.69, 9.17) is 4.74 Å². The van der Waals surface area contributed by atoms with Gasteiger partial charge >= 0.3 is 0 Å². The van der Waals surface area contributed by atoms with Crippen molar-refractivity contribution in [3.63, 3.8) is 0 Å². The van der Waals surface area contributed by atoms with Crippen LogP contribution in [0.4, 0.5) is 0 Å². The lowest BCUT2D eigenvalue weighted by Crippen LogP contribution is -2.32. The molecule has 0 bridgehead atoms. The Kier molecular flexibility index (Phi) is 4.97. The maximum atomic E-state index is 12.4. The predicted molar refractivity (Wildman–Crippen MR) is 100 cm³/mol. The average molecular weight is 366 g/mol. The highest BCUT2D eigenvalue weighted by atomic mass is 32.2. The van der Waals surface area contributed by atoms with Crippen LogP contribution < -0.4 is 4.74 Å². The molecule has 1 saturated heterocycles. The number of likely N-dealkylation sites (tertiary alicyclic amines) is 1. The van der Waals surface area contributed by atoms with E-state index in [1.807, 2.05) is 35.2 Å². The summed E-state index contributed by atoms with van der Waals surface area (Å²) in [6.07, 6.45) is 5.93. The number of carbonyl (C=O) groups excluding carboxylic acids is 1. The Bertz CT molecular complexity index is 901. The predicted octanol–water partition coefficient (Wildman–Crippen LogP) is 2.80. The quantitative estimate of drug-likeness (QED) is 0.511. The van der Waals surface area contributed by atoms with Crippen molar-refractivity contribution in [2.75, 3.05) is 18.8 Å². The van der Waals surface area contributed by atoms with Gasteiger partial charge in [0.25, 0.3) is 0 Å². The van der Waals surface area contributed by atoms with Crippen molar-refractivity contribution in [2.24, 2.45) is 0 Å². The van der Waals surface area contributed by atoms with Gasteiger partial charge in [0.15, 0.2) is 5.16 Å². The van der Waals surface area contributed by atoms with E-state index in [-0.39, 0.29) is 12.0 Å². The molecule has 1 aliphatic heterocycles. The molecule has 0 radical (unpaired) electrons. The molecule has 1 atom stereocenters. The molecular formula is C19H18N4O2S. The fourth-order valence-corrected chi connectivity index (χ4v) is 3.69. The summed E-state index contributed by atoms with van der Waals surface area (Å²) < 4.78 is 6.14. The summed E-state index contributed by atoms with van der Waals surface area (Å²) in [5.41, 5.74) is 0.858. The normalized spacial score (nSPS) is 16.8. The van der Waals surface area contributed by atoms with Crippen LogP contribution in [0.5, 0.6) is 5.75 Å². The van der Waals surface area contributed by atoms with Gasteiger partial charge in [-0.3, -0.25) is 9.78 Å². The summed E-state index contributed by atoms with van der Waals surface area (Å²) in [6, 6.07) is 11.6. The van der Waals surface area contributed by atoms with E-state index < -0.39 is 0 Å². The zero-order valence-corrected chi connectivity index (χ0v) is 14.9. The van der Waals surface area contributed by atoms with E-state index >= 15 is 0 Å². The summed E-state index contributed by atoms with van der Waals surface area (Å²) in [5, 5.41) is 1.67. The Morgan fingerprint density at radius 3 is 2.81 bits per heavy atom. The zero-order valence-electron chi connectivity index (χ0n) is 14.1. The van der Waals surface area contributed by atoms with Crippen molar-refractivity contribution in [1.29, 1.82) is 0 Å². The topological polar surface area (TPSA) is 68.2 Å². The number of rotatable bonds is 5. The molecule has 0 N–H and O–H groups in total. The molecule has 0 spiro atoms. The van der Waals surface area contributed by atoms with Crippen LogP contribution >= 0.6 is 11.8 Å². The van der Waals surface area contributed by atoms with E-state index in [1.165, 1.54) is 11.8 Å². The lowest BCUT2D eigenvalue weighted by atomic mass is 10.2. The fraction of sp³-hybridized carbons (Fsp3) is 0.263.